The zero-order valence-corrected chi connectivity index (χ0v) is 21.1. The zero-order chi connectivity index (χ0) is 26.1. The first-order chi connectivity index (χ1) is 15.6. The van der Waals surface area contributed by atoms with Crippen LogP contribution in [-0.2, 0) is 25.5 Å². The van der Waals surface area contributed by atoms with Crippen LogP contribution in [-0.4, -0.2) is 63.9 Å². The molecule has 11 heteroatoms. The van der Waals surface area contributed by atoms with Crippen LogP contribution in [0.15, 0.2) is 24.7 Å². The Morgan fingerprint density at radius 2 is 1.62 bits per heavy atom. The molecule has 3 N–H and O–H groups in total. The predicted molar refractivity (Wildman–Crippen MR) is 126 cm³/mol. The molecular weight excluding hydrogens is 442 g/mol. The minimum Gasteiger partial charge on any atom is -0.444 e. The number of aromatic nitrogens is 2. The number of nitrogens with one attached hydrogen (secondary N) is 3. The molecule has 1 heterocycles. The average molecular weight is 480 g/mol. The summed E-state index contributed by atoms with van der Waals surface area (Å²) >= 11 is 0. The van der Waals surface area contributed by atoms with Gasteiger partial charge in [-0.25, -0.2) is 19.1 Å². The van der Waals surface area contributed by atoms with E-state index in [4.69, 9.17) is 9.47 Å². The lowest BCUT2D eigenvalue weighted by Crippen LogP contribution is -2.49. The number of nitrogens with zero attached hydrogens (tertiary/aromatic N) is 2. The van der Waals surface area contributed by atoms with Crippen molar-refractivity contribution >= 4 is 24.0 Å². The van der Waals surface area contributed by atoms with Gasteiger partial charge < -0.3 is 25.4 Å². The maximum atomic E-state index is 12.8. The number of amides is 3. The van der Waals surface area contributed by atoms with E-state index < -0.39 is 35.3 Å². The highest BCUT2D eigenvalue weighted by Gasteiger charge is 2.26. The molecule has 1 aromatic heterocycles. The minimum absolute atomic E-state index is 0.0211. The van der Waals surface area contributed by atoms with Crippen LogP contribution in [0.4, 0.5) is 9.59 Å². The number of hydrogen-bond acceptors (Lipinski definition) is 7. The number of carbonyl (C=O) groups is 4. The molecule has 0 fully saturated rings. The van der Waals surface area contributed by atoms with E-state index >= 15 is 0 Å². The summed E-state index contributed by atoms with van der Waals surface area (Å²) in [6.07, 6.45) is 1.87. The van der Waals surface area contributed by atoms with Gasteiger partial charge in [-0.1, -0.05) is 6.58 Å². The standard InChI is InChI=1S/C23H37N5O6/c1-15(2)18(29)24-10-9-11-25-19(30)17(27-20(31)33-22(3,4)5)12-16-13-28(14-26-16)21(32)34-23(6,7)8/h13-14,17H,1,9-12H2,2-8H3,(H,24,29)(H,25,30)(H,27,31). The third-order valence-corrected chi connectivity index (χ3v) is 3.99. The zero-order valence-electron chi connectivity index (χ0n) is 21.1. The van der Waals surface area contributed by atoms with Crippen LogP contribution in [0.1, 0.15) is 60.6 Å². The molecule has 1 unspecified atom stereocenters. The lowest BCUT2D eigenvalue weighted by atomic mass is 10.1. The summed E-state index contributed by atoms with van der Waals surface area (Å²) in [4.78, 5) is 52.9. The second kappa shape index (κ2) is 12.2. The Morgan fingerprint density at radius 3 is 2.18 bits per heavy atom. The molecule has 1 atom stereocenters. The van der Waals surface area contributed by atoms with Crippen molar-refractivity contribution in [3.63, 3.8) is 0 Å². The smallest absolute Gasteiger partial charge is 0.419 e. The van der Waals surface area contributed by atoms with Crippen molar-refractivity contribution < 1.29 is 28.7 Å². The van der Waals surface area contributed by atoms with Crippen LogP contribution < -0.4 is 16.0 Å². The molecule has 0 bridgehead atoms. The molecule has 0 aliphatic heterocycles. The summed E-state index contributed by atoms with van der Waals surface area (Å²) in [6.45, 7) is 16.2. The fraction of sp³-hybridized carbons (Fsp3) is 0.609. The van der Waals surface area contributed by atoms with Crippen molar-refractivity contribution in [2.75, 3.05) is 13.1 Å². The Kier molecular flexibility index (Phi) is 10.3. The predicted octanol–water partition coefficient (Wildman–Crippen LogP) is 2.30. The van der Waals surface area contributed by atoms with E-state index in [0.29, 0.717) is 24.2 Å². The number of alkyl carbamates (subject to hydrolysis) is 1. The number of imidazole rings is 1. The molecule has 3 amide bonds. The summed E-state index contributed by atoms with van der Waals surface area (Å²) in [7, 11) is 0. The van der Waals surface area contributed by atoms with Gasteiger partial charge in [0.15, 0.2) is 0 Å². The van der Waals surface area contributed by atoms with Crippen LogP contribution in [0.2, 0.25) is 0 Å². The SMILES string of the molecule is C=C(C)C(=O)NCCCNC(=O)C(Cc1cn(C(=O)OC(C)(C)C)cn1)NC(=O)OC(C)(C)C. The van der Waals surface area contributed by atoms with Crippen molar-refractivity contribution in [3.05, 3.63) is 30.4 Å². The average Bonchev–Trinajstić information content (AvgIpc) is 3.12. The molecule has 0 saturated heterocycles. The molecule has 0 aliphatic carbocycles. The lowest BCUT2D eigenvalue weighted by molar-refractivity contribution is -0.123. The molecule has 0 saturated carbocycles. The van der Waals surface area contributed by atoms with Gasteiger partial charge >= 0.3 is 12.2 Å². The highest BCUT2D eigenvalue weighted by Crippen LogP contribution is 2.11. The van der Waals surface area contributed by atoms with E-state index in [1.54, 1.807) is 48.5 Å². The van der Waals surface area contributed by atoms with E-state index in [0.717, 1.165) is 0 Å². The van der Waals surface area contributed by atoms with Gasteiger partial charge in [-0.15, -0.1) is 0 Å². The van der Waals surface area contributed by atoms with E-state index in [2.05, 4.69) is 27.5 Å². The summed E-state index contributed by atoms with van der Waals surface area (Å²) in [6, 6.07) is -0.998. The maximum Gasteiger partial charge on any atom is 0.419 e. The number of carbonyl (C=O) groups excluding carboxylic acids is 4. The normalized spacial score (nSPS) is 12.3. The van der Waals surface area contributed by atoms with Crippen LogP contribution in [0.5, 0.6) is 0 Å². The third kappa shape index (κ3) is 11.5. The first-order valence-corrected chi connectivity index (χ1v) is 11.0. The van der Waals surface area contributed by atoms with E-state index in [1.807, 2.05) is 0 Å². The second-order valence-electron chi connectivity index (χ2n) is 9.84. The van der Waals surface area contributed by atoms with Crippen molar-refractivity contribution in [2.45, 2.75) is 78.6 Å². The van der Waals surface area contributed by atoms with E-state index in [9.17, 15) is 19.2 Å². The van der Waals surface area contributed by atoms with Gasteiger partial charge in [0.25, 0.3) is 0 Å². The Bertz CT molecular complexity index is 894. The quantitative estimate of drug-likeness (QED) is 0.364. The molecule has 1 aromatic rings. The largest absolute Gasteiger partial charge is 0.444 e. The molecule has 0 aromatic carbocycles. The van der Waals surface area contributed by atoms with Gasteiger partial charge in [-0.05, 0) is 54.9 Å². The molecule has 11 nitrogen and oxygen atoms in total. The molecule has 1 rings (SSSR count). The second-order valence-corrected chi connectivity index (χ2v) is 9.84. The molecule has 190 valence electrons. The number of ether oxygens (including phenoxy) is 2. The summed E-state index contributed by atoms with van der Waals surface area (Å²) < 4.78 is 11.7. The van der Waals surface area contributed by atoms with E-state index in [-0.39, 0.29) is 18.9 Å². The summed E-state index contributed by atoms with van der Waals surface area (Å²) in [5, 5.41) is 7.95. The third-order valence-electron chi connectivity index (χ3n) is 3.99. The highest BCUT2D eigenvalue weighted by atomic mass is 16.6. The first kappa shape index (κ1) is 28.7. The highest BCUT2D eigenvalue weighted by molar-refractivity contribution is 5.92. The van der Waals surface area contributed by atoms with Crippen LogP contribution in [0.25, 0.3) is 0 Å². The van der Waals surface area contributed by atoms with Gasteiger partial charge in [0.05, 0.1) is 5.69 Å². The van der Waals surface area contributed by atoms with Gasteiger partial charge in [0.2, 0.25) is 11.8 Å². The maximum absolute atomic E-state index is 12.8. The Morgan fingerprint density at radius 1 is 1.03 bits per heavy atom. The van der Waals surface area contributed by atoms with Crippen LogP contribution in [0.3, 0.4) is 0 Å². The Hall–Kier alpha value is -3.37. The van der Waals surface area contributed by atoms with Crippen LogP contribution >= 0.6 is 0 Å². The molecule has 34 heavy (non-hydrogen) atoms. The van der Waals surface area contributed by atoms with Crippen molar-refractivity contribution in [2.24, 2.45) is 0 Å². The van der Waals surface area contributed by atoms with Crippen molar-refractivity contribution in [1.82, 2.24) is 25.5 Å². The topological polar surface area (TPSA) is 141 Å². The van der Waals surface area contributed by atoms with Gasteiger partial charge in [-0.2, -0.15) is 0 Å². The van der Waals surface area contributed by atoms with Gasteiger partial charge in [-0.3, -0.25) is 9.59 Å². The van der Waals surface area contributed by atoms with Crippen molar-refractivity contribution in [3.8, 4) is 0 Å². The summed E-state index contributed by atoms with van der Waals surface area (Å²) in [5.74, 6) is -0.708. The number of hydrogen-bond donors (Lipinski definition) is 3. The monoisotopic (exact) mass is 479 g/mol. The molecule has 0 aliphatic rings. The molecule has 0 radical (unpaired) electrons. The molecular formula is C23H37N5O6. The van der Waals surface area contributed by atoms with Gasteiger partial charge in [0, 0.05) is 31.3 Å². The van der Waals surface area contributed by atoms with E-state index in [1.165, 1.54) is 17.1 Å². The van der Waals surface area contributed by atoms with Crippen molar-refractivity contribution in [1.29, 1.82) is 0 Å². The Labute approximate surface area is 200 Å². The first-order valence-electron chi connectivity index (χ1n) is 11.0. The fourth-order valence-electron chi connectivity index (χ4n) is 2.53. The fourth-order valence-corrected chi connectivity index (χ4v) is 2.53. The Balaban J connectivity index is 2.80. The van der Waals surface area contributed by atoms with Gasteiger partial charge in [0.1, 0.15) is 23.6 Å². The summed E-state index contributed by atoms with van der Waals surface area (Å²) in [5.41, 5.74) is -0.621. The van der Waals surface area contributed by atoms with Crippen LogP contribution in [0, 0.1) is 0 Å². The molecule has 0 spiro atoms. The lowest BCUT2D eigenvalue weighted by Gasteiger charge is -2.23. The number of rotatable bonds is 9. The minimum atomic E-state index is -0.998.